The van der Waals surface area contributed by atoms with Crippen molar-refractivity contribution in [3.63, 3.8) is 0 Å². The summed E-state index contributed by atoms with van der Waals surface area (Å²) in [6.45, 7) is 10.4. The summed E-state index contributed by atoms with van der Waals surface area (Å²) in [4.78, 5) is 0. The van der Waals surface area contributed by atoms with Gasteiger partial charge in [0.1, 0.15) is 0 Å². The SMILES string of the molecule is C=Cc1ccccc1CC1(Cc2ccccc2C=C)c2ccccc2-c2cccc(C)c21. The van der Waals surface area contributed by atoms with Gasteiger partial charge >= 0.3 is 0 Å². The monoisotopic (exact) mass is 412 g/mol. The average molecular weight is 413 g/mol. The van der Waals surface area contributed by atoms with Crippen molar-refractivity contribution in [3.05, 3.63) is 143 Å². The lowest BCUT2D eigenvalue weighted by atomic mass is 9.67. The lowest BCUT2D eigenvalue weighted by molar-refractivity contribution is 0.516. The summed E-state index contributed by atoms with van der Waals surface area (Å²) < 4.78 is 0. The molecule has 32 heavy (non-hydrogen) atoms. The van der Waals surface area contributed by atoms with E-state index in [1.165, 1.54) is 50.1 Å². The van der Waals surface area contributed by atoms with E-state index in [-0.39, 0.29) is 5.41 Å². The zero-order valence-electron chi connectivity index (χ0n) is 18.6. The Morgan fingerprint density at radius 2 is 1.16 bits per heavy atom. The highest BCUT2D eigenvalue weighted by Gasteiger charge is 2.44. The largest absolute Gasteiger partial charge is 0.0985 e. The summed E-state index contributed by atoms with van der Waals surface area (Å²) in [5.74, 6) is 0. The molecule has 1 aliphatic carbocycles. The van der Waals surface area contributed by atoms with Crippen LogP contribution in [-0.4, -0.2) is 0 Å². The molecule has 0 saturated heterocycles. The highest BCUT2D eigenvalue weighted by molar-refractivity contribution is 5.83. The number of rotatable bonds is 6. The van der Waals surface area contributed by atoms with Crippen molar-refractivity contribution in [2.75, 3.05) is 0 Å². The molecule has 0 aliphatic heterocycles. The van der Waals surface area contributed by atoms with Crippen molar-refractivity contribution >= 4 is 12.2 Å². The molecule has 0 heteroatoms. The number of benzene rings is 4. The topological polar surface area (TPSA) is 0 Å². The van der Waals surface area contributed by atoms with Crippen molar-refractivity contribution in [3.8, 4) is 11.1 Å². The average Bonchev–Trinajstić information content (AvgIpc) is 3.11. The van der Waals surface area contributed by atoms with Crippen LogP contribution in [0, 0.1) is 6.92 Å². The summed E-state index contributed by atoms with van der Waals surface area (Å²) in [5.41, 5.74) is 11.9. The van der Waals surface area contributed by atoms with Crippen LogP contribution >= 0.6 is 0 Å². The molecule has 4 aromatic carbocycles. The molecule has 1 aliphatic rings. The first-order valence-corrected chi connectivity index (χ1v) is 11.3. The van der Waals surface area contributed by atoms with Crippen LogP contribution in [0.4, 0.5) is 0 Å². The van der Waals surface area contributed by atoms with Gasteiger partial charge in [-0.25, -0.2) is 0 Å². The smallest absolute Gasteiger partial charge is 0.0298 e. The molecular weight excluding hydrogens is 384 g/mol. The Balaban J connectivity index is 1.82. The van der Waals surface area contributed by atoms with Gasteiger partial charge in [-0.15, -0.1) is 0 Å². The fourth-order valence-corrected chi connectivity index (χ4v) is 5.67. The Kier molecular flexibility index (Phi) is 5.15. The first kappa shape index (κ1) is 20.3. The molecule has 0 radical (unpaired) electrons. The van der Waals surface area contributed by atoms with Crippen molar-refractivity contribution in [1.82, 2.24) is 0 Å². The number of hydrogen-bond donors (Lipinski definition) is 0. The van der Waals surface area contributed by atoms with Crippen LogP contribution in [0.3, 0.4) is 0 Å². The van der Waals surface area contributed by atoms with Crippen molar-refractivity contribution in [1.29, 1.82) is 0 Å². The minimum absolute atomic E-state index is 0.157. The van der Waals surface area contributed by atoms with E-state index in [1.54, 1.807) is 0 Å². The second kappa shape index (κ2) is 8.13. The lowest BCUT2D eigenvalue weighted by Crippen LogP contribution is -2.32. The van der Waals surface area contributed by atoms with Gasteiger partial charge in [-0.05, 0) is 69.8 Å². The minimum Gasteiger partial charge on any atom is -0.0985 e. The first-order valence-electron chi connectivity index (χ1n) is 11.3. The van der Waals surface area contributed by atoms with Crippen LogP contribution in [0.1, 0.15) is 38.9 Å². The van der Waals surface area contributed by atoms with Gasteiger partial charge in [0.2, 0.25) is 0 Å². The Labute approximate surface area is 191 Å². The zero-order valence-corrected chi connectivity index (χ0v) is 18.6. The number of hydrogen-bond acceptors (Lipinski definition) is 0. The van der Waals surface area contributed by atoms with Gasteiger partial charge < -0.3 is 0 Å². The molecule has 0 aromatic heterocycles. The van der Waals surface area contributed by atoms with Crippen LogP contribution in [0.25, 0.3) is 23.3 Å². The predicted molar refractivity (Wildman–Crippen MR) is 138 cm³/mol. The molecule has 0 N–H and O–H groups in total. The molecule has 0 saturated carbocycles. The molecule has 156 valence electrons. The fraction of sp³-hybridized carbons (Fsp3) is 0.125. The zero-order chi connectivity index (χ0) is 22.1. The Morgan fingerprint density at radius 3 is 1.78 bits per heavy atom. The maximum Gasteiger partial charge on any atom is 0.0298 e. The van der Waals surface area contributed by atoms with Crippen LogP contribution < -0.4 is 0 Å². The van der Waals surface area contributed by atoms with Crippen molar-refractivity contribution in [2.45, 2.75) is 25.2 Å². The van der Waals surface area contributed by atoms with Gasteiger partial charge in [-0.1, -0.05) is 116 Å². The highest BCUT2D eigenvalue weighted by Crippen LogP contribution is 2.53. The number of fused-ring (bicyclic) bond motifs is 3. The second-order valence-corrected chi connectivity index (χ2v) is 8.78. The molecule has 0 fully saturated rings. The standard InChI is InChI=1S/C32H28/c1-4-24-14-6-8-16-26(24)21-32(22-27-17-9-7-15-25(27)5-2)30-20-11-10-18-28(30)29-19-12-13-23(3)31(29)32/h4-20H,1-2,21-22H2,3H3. The third-order valence-electron chi connectivity index (χ3n) is 7.02. The van der Waals surface area contributed by atoms with E-state index in [0.717, 1.165) is 12.8 Å². The highest BCUT2D eigenvalue weighted by atomic mass is 14.5. The Morgan fingerprint density at radius 1 is 0.625 bits per heavy atom. The van der Waals surface area contributed by atoms with Gasteiger partial charge in [-0.2, -0.15) is 0 Å². The van der Waals surface area contributed by atoms with Crippen LogP contribution in [0.5, 0.6) is 0 Å². The normalized spacial score (nSPS) is 13.3. The lowest BCUT2D eigenvalue weighted by Gasteiger charge is -2.35. The van der Waals surface area contributed by atoms with Gasteiger partial charge in [-0.3, -0.25) is 0 Å². The van der Waals surface area contributed by atoms with E-state index in [1.807, 2.05) is 12.2 Å². The van der Waals surface area contributed by atoms with Crippen LogP contribution in [-0.2, 0) is 18.3 Å². The molecule has 0 nitrogen and oxygen atoms in total. The van der Waals surface area contributed by atoms with Crippen LogP contribution in [0.15, 0.2) is 104 Å². The van der Waals surface area contributed by atoms with Gasteiger partial charge in [0, 0.05) is 5.41 Å². The quantitative estimate of drug-likeness (QED) is 0.301. The van der Waals surface area contributed by atoms with Crippen molar-refractivity contribution < 1.29 is 0 Å². The summed E-state index contributed by atoms with van der Waals surface area (Å²) in [6, 6.07) is 33.1. The molecule has 4 aromatic rings. The predicted octanol–water partition coefficient (Wildman–Crippen LogP) is 8.03. The molecular formula is C32H28. The maximum absolute atomic E-state index is 4.09. The van der Waals surface area contributed by atoms with Gasteiger partial charge in [0.05, 0.1) is 0 Å². The Bertz CT molecular complexity index is 1270. The van der Waals surface area contributed by atoms with Crippen molar-refractivity contribution in [2.24, 2.45) is 0 Å². The van der Waals surface area contributed by atoms with E-state index in [2.05, 4.69) is 111 Å². The van der Waals surface area contributed by atoms with E-state index >= 15 is 0 Å². The molecule has 0 atom stereocenters. The summed E-state index contributed by atoms with van der Waals surface area (Å²) >= 11 is 0. The Hall–Kier alpha value is -3.64. The van der Waals surface area contributed by atoms with E-state index in [9.17, 15) is 0 Å². The minimum atomic E-state index is -0.157. The van der Waals surface area contributed by atoms with Gasteiger partial charge in [0.15, 0.2) is 0 Å². The van der Waals surface area contributed by atoms with E-state index in [0.29, 0.717) is 0 Å². The molecule has 5 rings (SSSR count). The maximum atomic E-state index is 4.09. The molecule has 0 unspecified atom stereocenters. The third kappa shape index (κ3) is 3.15. The molecule has 0 bridgehead atoms. The van der Waals surface area contributed by atoms with Gasteiger partial charge in [0.25, 0.3) is 0 Å². The molecule has 0 amide bonds. The fourth-order valence-electron chi connectivity index (χ4n) is 5.67. The molecule has 0 spiro atoms. The first-order chi connectivity index (χ1) is 15.7. The summed E-state index contributed by atoms with van der Waals surface area (Å²) in [6.07, 6.45) is 5.83. The summed E-state index contributed by atoms with van der Waals surface area (Å²) in [5, 5.41) is 0. The van der Waals surface area contributed by atoms with Crippen LogP contribution in [0.2, 0.25) is 0 Å². The third-order valence-corrected chi connectivity index (χ3v) is 7.02. The number of aryl methyl sites for hydroxylation is 1. The van der Waals surface area contributed by atoms with E-state index < -0.39 is 0 Å². The van der Waals surface area contributed by atoms with E-state index in [4.69, 9.17) is 0 Å². The summed E-state index contributed by atoms with van der Waals surface area (Å²) in [7, 11) is 0. The second-order valence-electron chi connectivity index (χ2n) is 8.78. The molecule has 0 heterocycles.